The van der Waals surface area contributed by atoms with Gasteiger partial charge in [-0.15, -0.1) is 0 Å². The van der Waals surface area contributed by atoms with Crippen molar-refractivity contribution in [3.05, 3.63) is 103 Å². The van der Waals surface area contributed by atoms with Crippen molar-refractivity contribution in [2.75, 3.05) is 0 Å². The molecule has 0 N–H and O–H groups in total. The Hall–Kier alpha value is -2.51. The third-order valence-corrected chi connectivity index (χ3v) is 11.0. The van der Waals surface area contributed by atoms with Crippen molar-refractivity contribution in [3.8, 4) is 0 Å². The number of rotatable bonds is 4. The summed E-state index contributed by atoms with van der Waals surface area (Å²) in [5.74, 6) is 2.91. The van der Waals surface area contributed by atoms with Gasteiger partial charge in [0.15, 0.2) is 14.7 Å². The normalized spacial score (nSPS) is 28.0. The molecule has 164 valence electrons. The van der Waals surface area contributed by atoms with Crippen LogP contribution >= 0.6 is 0 Å². The van der Waals surface area contributed by atoms with Crippen LogP contribution < -0.4 is 0 Å². The standard InChI is InChI=1S/C32H31S/c1-3-9-26(10-4-1)33(27-11-5-2-6-12-27)31-16-15-30(28-13-7-8-14-29(28)31)32-20-23-17-24(21-32)19-25(18-23)22-32/h1-16,23-25H,17-22H2/q+1. The first-order valence-electron chi connectivity index (χ1n) is 12.7. The Balaban J connectivity index is 1.42. The molecule has 0 atom stereocenters. The summed E-state index contributed by atoms with van der Waals surface area (Å²) in [4.78, 5) is 4.27. The van der Waals surface area contributed by atoms with Crippen LogP contribution in [0.1, 0.15) is 44.1 Å². The van der Waals surface area contributed by atoms with E-state index in [1.807, 2.05) is 0 Å². The Bertz CT molecular complexity index is 1220. The van der Waals surface area contributed by atoms with E-state index in [1.165, 1.54) is 64.0 Å². The molecule has 0 radical (unpaired) electrons. The van der Waals surface area contributed by atoms with Gasteiger partial charge in [-0.1, -0.05) is 60.7 Å². The summed E-state index contributed by atoms with van der Waals surface area (Å²) >= 11 is 0. The maximum Gasteiger partial charge on any atom is 0.174 e. The van der Waals surface area contributed by atoms with Gasteiger partial charge in [0, 0.05) is 5.39 Å². The fraction of sp³-hybridized carbons (Fsp3) is 0.312. The summed E-state index contributed by atoms with van der Waals surface area (Å²) in [5, 5.41) is 2.98. The van der Waals surface area contributed by atoms with Gasteiger partial charge in [-0.25, -0.2) is 0 Å². The highest BCUT2D eigenvalue weighted by atomic mass is 32.2. The predicted molar refractivity (Wildman–Crippen MR) is 139 cm³/mol. The first kappa shape index (κ1) is 19.9. The van der Waals surface area contributed by atoms with Gasteiger partial charge in [-0.05, 0) is 109 Å². The molecule has 4 saturated carbocycles. The Morgan fingerprint density at radius 1 is 0.515 bits per heavy atom. The summed E-state index contributed by atoms with van der Waals surface area (Å²) in [5.41, 5.74) is 2.08. The van der Waals surface area contributed by atoms with Gasteiger partial charge in [-0.2, -0.15) is 0 Å². The molecule has 4 aliphatic rings. The van der Waals surface area contributed by atoms with E-state index in [1.54, 1.807) is 5.56 Å². The zero-order valence-electron chi connectivity index (χ0n) is 19.1. The molecule has 4 aliphatic carbocycles. The van der Waals surface area contributed by atoms with Crippen molar-refractivity contribution in [2.45, 2.75) is 58.6 Å². The Kier molecular flexibility index (Phi) is 4.69. The van der Waals surface area contributed by atoms with Crippen molar-refractivity contribution in [3.63, 3.8) is 0 Å². The van der Waals surface area contributed by atoms with E-state index in [0.29, 0.717) is 5.41 Å². The van der Waals surface area contributed by atoms with Crippen LogP contribution in [0.25, 0.3) is 10.8 Å². The minimum absolute atomic E-state index is 0.109. The van der Waals surface area contributed by atoms with E-state index in [2.05, 4.69) is 97.1 Å². The second kappa shape index (κ2) is 7.77. The van der Waals surface area contributed by atoms with Crippen molar-refractivity contribution in [2.24, 2.45) is 17.8 Å². The number of fused-ring (bicyclic) bond motifs is 1. The van der Waals surface area contributed by atoms with Gasteiger partial charge in [0.25, 0.3) is 0 Å². The maximum atomic E-state index is 2.55. The minimum atomic E-state index is -0.109. The van der Waals surface area contributed by atoms with E-state index in [9.17, 15) is 0 Å². The van der Waals surface area contributed by atoms with Crippen LogP contribution in [-0.2, 0) is 16.3 Å². The molecule has 8 rings (SSSR count). The van der Waals surface area contributed by atoms with Crippen LogP contribution in [0.15, 0.2) is 112 Å². The fourth-order valence-corrected chi connectivity index (χ4v) is 10.1. The molecule has 0 spiro atoms. The third kappa shape index (κ3) is 3.28. The smallest absolute Gasteiger partial charge is 0.0619 e. The van der Waals surface area contributed by atoms with Gasteiger partial charge in [0.05, 0.1) is 10.9 Å². The monoisotopic (exact) mass is 447 g/mol. The van der Waals surface area contributed by atoms with Crippen LogP contribution in [0.4, 0.5) is 0 Å². The predicted octanol–water partition coefficient (Wildman–Crippen LogP) is 8.40. The molecule has 33 heavy (non-hydrogen) atoms. The van der Waals surface area contributed by atoms with Crippen molar-refractivity contribution in [1.29, 1.82) is 0 Å². The zero-order chi connectivity index (χ0) is 21.8. The first-order chi connectivity index (χ1) is 16.3. The first-order valence-corrected chi connectivity index (χ1v) is 13.9. The molecule has 0 aliphatic heterocycles. The highest BCUT2D eigenvalue weighted by Gasteiger charge is 2.52. The van der Waals surface area contributed by atoms with Crippen molar-refractivity contribution < 1.29 is 0 Å². The van der Waals surface area contributed by atoms with Crippen LogP contribution in [0.2, 0.25) is 0 Å². The number of benzene rings is 4. The highest BCUT2D eigenvalue weighted by molar-refractivity contribution is 7.97. The molecule has 0 amide bonds. The fourth-order valence-electron chi connectivity index (χ4n) is 7.86. The quantitative estimate of drug-likeness (QED) is 0.275. The number of hydrogen-bond acceptors (Lipinski definition) is 0. The minimum Gasteiger partial charge on any atom is -0.0619 e. The van der Waals surface area contributed by atoms with E-state index in [4.69, 9.17) is 0 Å². The molecule has 4 aromatic carbocycles. The van der Waals surface area contributed by atoms with Gasteiger partial charge in [-0.3, -0.25) is 0 Å². The number of hydrogen-bond donors (Lipinski definition) is 0. The summed E-state index contributed by atoms with van der Waals surface area (Å²) in [6, 6.07) is 36.6. The van der Waals surface area contributed by atoms with Gasteiger partial charge in [0.2, 0.25) is 0 Å². The topological polar surface area (TPSA) is 0 Å². The van der Waals surface area contributed by atoms with Gasteiger partial charge in [0.1, 0.15) is 0 Å². The van der Waals surface area contributed by atoms with E-state index in [0.717, 1.165) is 17.8 Å². The molecule has 0 saturated heterocycles. The van der Waals surface area contributed by atoms with E-state index >= 15 is 0 Å². The van der Waals surface area contributed by atoms with Crippen LogP contribution in [0, 0.1) is 17.8 Å². The molecule has 4 bridgehead atoms. The third-order valence-electron chi connectivity index (χ3n) is 8.67. The van der Waals surface area contributed by atoms with Crippen molar-refractivity contribution in [1.82, 2.24) is 0 Å². The highest BCUT2D eigenvalue weighted by Crippen LogP contribution is 2.61. The van der Waals surface area contributed by atoms with Crippen LogP contribution in [0.5, 0.6) is 0 Å². The molecular formula is C32H31S+. The summed E-state index contributed by atoms with van der Waals surface area (Å²) < 4.78 is 0. The SMILES string of the molecule is c1ccc([S+](c2ccccc2)c2ccc(C34CC5CC(CC(C5)C3)C4)c3ccccc23)cc1. The lowest BCUT2D eigenvalue weighted by molar-refractivity contribution is -0.00451. The molecule has 0 unspecified atom stereocenters. The molecule has 0 heterocycles. The van der Waals surface area contributed by atoms with E-state index in [-0.39, 0.29) is 10.9 Å². The second-order valence-electron chi connectivity index (χ2n) is 10.8. The molecule has 4 fully saturated rings. The zero-order valence-corrected chi connectivity index (χ0v) is 19.9. The van der Waals surface area contributed by atoms with Crippen LogP contribution in [0.3, 0.4) is 0 Å². The molecule has 0 aromatic heterocycles. The average Bonchev–Trinajstić information content (AvgIpc) is 2.85. The Morgan fingerprint density at radius 2 is 1.00 bits per heavy atom. The molecule has 1 heteroatoms. The van der Waals surface area contributed by atoms with Gasteiger partial charge < -0.3 is 0 Å². The van der Waals surface area contributed by atoms with Crippen LogP contribution in [-0.4, -0.2) is 0 Å². The summed E-state index contributed by atoms with van der Waals surface area (Å²) in [6.45, 7) is 0. The molecular weight excluding hydrogens is 416 g/mol. The van der Waals surface area contributed by atoms with E-state index < -0.39 is 0 Å². The molecule has 0 nitrogen and oxygen atoms in total. The summed E-state index contributed by atoms with van der Waals surface area (Å²) in [6.07, 6.45) is 8.77. The Morgan fingerprint density at radius 3 is 1.55 bits per heavy atom. The maximum absolute atomic E-state index is 2.55. The Labute approximate surface area is 200 Å². The van der Waals surface area contributed by atoms with Gasteiger partial charge >= 0.3 is 0 Å². The average molecular weight is 448 g/mol. The second-order valence-corrected chi connectivity index (χ2v) is 12.8. The van der Waals surface area contributed by atoms with Crippen molar-refractivity contribution >= 4 is 21.7 Å². The lowest BCUT2D eigenvalue weighted by atomic mass is 9.48. The summed E-state index contributed by atoms with van der Waals surface area (Å²) in [7, 11) is -0.109. The molecule has 4 aromatic rings. The lowest BCUT2D eigenvalue weighted by Crippen LogP contribution is -2.48. The lowest BCUT2D eigenvalue weighted by Gasteiger charge is -2.57. The largest absolute Gasteiger partial charge is 0.174 e.